The molecule has 7 nitrogen and oxygen atoms in total. The number of hydrogen-bond donors (Lipinski definition) is 1. The molecule has 0 atom stereocenters. The number of nitrogens with one attached hydrogen (secondary N) is 1. The van der Waals surface area contributed by atoms with Crippen molar-refractivity contribution in [3.63, 3.8) is 0 Å². The third-order valence-electron chi connectivity index (χ3n) is 4.87. The van der Waals surface area contributed by atoms with Crippen LogP contribution in [0.15, 0.2) is 65.7 Å². The van der Waals surface area contributed by atoms with Crippen molar-refractivity contribution in [2.24, 2.45) is 0 Å². The number of aromatic nitrogens is 1. The van der Waals surface area contributed by atoms with Gasteiger partial charge in [-0.3, -0.25) is 4.79 Å². The van der Waals surface area contributed by atoms with Gasteiger partial charge in [-0.05, 0) is 29.8 Å². The van der Waals surface area contributed by atoms with Gasteiger partial charge in [-0.15, -0.1) is 0 Å². The highest BCUT2D eigenvalue weighted by Crippen LogP contribution is 2.19. The van der Waals surface area contributed by atoms with Crippen molar-refractivity contribution in [2.45, 2.75) is 18.7 Å². The average Bonchev–Trinajstić information content (AvgIpc) is 3.21. The Hall–Kier alpha value is -3.23. The molecule has 3 aromatic rings. The van der Waals surface area contributed by atoms with Crippen LogP contribution in [0.4, 0.5) is 0 Å². The first kappa shape index (κ1) is 22.5. The number of sulfonamides is 1. The van der Waals surface area contributed by atoms with Crippen LogP contribution >= 0.6 is 0 Å². The zero-order valence-corrected chi connectivity index (χ0v) is 18.2. The molecule has 0 radical (unpaired) electrons. The lowest BCUT2D eigenvalue weighted by molar-refractivity contribution is -0.136. The van der Waals surface area contributed by atoms with E-state index in [4.69, 9.17) is 4.74 Å². The van der Waals surface area contributed by atoms with E-state index in [2.05, 4.69) is 4.98 Å². The number of H-pyrrole nitrogens is 1. The molecule has 0 saturated heterocycles. The molecule has 0 aliphatic rings. The third kappa shape index (κ3) is 5.10. The number of aromatic amines is 1. The molecule has 3 rings (SSSR count). The number of benzene rings is 2. The molecule has 8 heteroatoms. The highest BCUT2D eigenvalue weighted by molar-refractivity contribution is 7.89. The number of carbonyl (C=O) groups excluding carboxylic acids is 2. The SMILES string of the molecule is CCN(CC)S(=O)(=O)c1ccc(C=CC(=O)OCC(=O)c2c[nH]c3ccccc23)cc1. The van der Waals surface area contributed by atoms with Gasteiger partial charge in [0, 0.05) is 41.8 Å². The number of Topliss-reactive ketones (excluding diaryl/α,β-unsaturated/α-hetero) is 1. The zero-order chi connectivity index (χ0) is 22.4. The van der Waals surface area contributed by atoms with E-state index < -0.39 is 16.0 Å². The van der Waals surface area contributed by atoms with Crippen molar-refractivity contribution < 1.29 is 22.7 Å². The maximum atomic E-state index is 12.5. The molecule has 0 amide bonds. The highest BCUT2D eigenvalue weighted by Gasteiger charge is 2.21. The van der Waals surface area contributed by atoms with Gasteiger partial charge in [0.25, 0.3) is 0 Å². The highest BCUT2D eigenvalue weighted by atomic mass is 32.2. The van der Waals surface area contributed by atoms with Gasteiger partial charge < -0.3 is 9.72 Å². The minimum absolute atomic E-state index is 0.195. The molecule has 1 N–H and O–H groups in total. The number of carbonyl (C=O) groups is 2. The number of ketones is 1. The summed E-state index contributed by atoms with van der Waals surface area (Å²) >= 11 is 0. The van der Waals surface area contributed by atoms with Crippen LogP contribution in [0.3, 0.4) is 0 Å². The maximum absolute atomic E-state index is 12.5. The Morgan fingerprint density at radius 1 is 1.03 bits per heavy atom. The summed E-state index contributed by atoms with van der Waals surface area (Å²) in [5.41, 5.74) is 1.94. The van der Waals surface area contributed by atoms with E-state index in [1.165, 1.54) is 28.6 Å². The van der Waals surface area contributed by atoms with Crippen LogP contribution in [-0.4, -0.2) is 49.2 Å². The summed E-state index contributed by atoms with van der Waals surface area (Å²) in [6, 6.07) is 13.6. The van der Waals surface area contributed by atoms with Crippen LogP contribution in [0.5, 0.6) is 0 Å². The van der Waals surface area contributed by atoms with E-state index in [9.17, 15) is 18.0 Å². The van der Waals surface area contributed by atoms with Crippen molar-refractivity contribution in [3.05, 3.63) is 71.9 Å². The Labute approximate surface area is 181 Å². The summed E-state index contributed by atoms with van der Waals surface area (Å²) in [7, 11) is -3.53. The van der Waals surface area contributed by atoms with E-state index >= 15 is 0 Å². The van der Waals surface area contributed by atoms with Gasteiger partial charge in [-0.2, -0.15) is 4.31 Å². The second-order valence-corrected chi connectivity index (χ2v) is 8.71. The molecule has 0 saturated carbocycles. The van der Waals surface area contributed by atoms with Crippen molar-refractivity contribution in [2.75, 3.05) is 19.7 Å². The number of nitrogens with zero attached hydrogens (tertiary/aromatic N) is 1. The Bertz CT molecular complexity index is 1210. The maximum Gasteiger partial charge on any atom is 0.331 e. The topological polar surface area (TPSA) is 96.5 Å². The molecule has 162 valence electrons. The largest absolute Gasteiger partial charge is 0.454 e. The minimum atomic E-state index is -3.53. The van der Waals surface area contributed by atoms with Crippen molar-refractivity contribution >= 4 is 38.8 Å². The Morgan fingerprint density at radius 3 is 2.39 bits per heavy atom. The number of esters is 1. The molecular weight excluding hydrogens is 416 g/mol. The second kappa shape index (κ2) is 9.72. The van der Waals surface area contributed by atoms with E-state index in [0.29, 0.717) is 24.2 Å². The summed E-state index contributed by atoms with van der Waals surface area (Å²) < 4.78 is 31.4. The summed E-state index contributed by atoms with van der Waals surface area (Å²) in [4.78, 5) is 27.5. The number of ether oxygens (including phenoxy) is 1. The summed E-state index contributed by atoms with van der Waals surface area (Å²) in [6.45, 7) is 3.99. The Kier molecular flexibility index (Phi) is 7.04. The first-order valence-electron chi connectivity index (χ1n) is 9.91. The lowest BCUT2D eigenvalue weighted by Crippen LogP contribution is -2.30. The molecular formula is C23H24N2O5S. The van der Waals surface area contributed by atoms with E-state index in [1.807, 2.05) is 24.3 Å². The first-order valence-corrected chi connectivity index (χ1v) is 11.3. The average molecular weight is 441 g/mol. The third-order valence-corrected chi connectivity index (χ3v) is 6.93. The molecule has 2 aromatic carbocycles. The monoisotopic (exact) mass is 440 g/mol. The van der Waals surface area contributed by atoms with E-state index in [-0.39, 0.29) is 17.3 Å². The van der Waals surface area contributed by atoms with Crippen molar-refractivity contribution in [1.29, 1.82) is 0 Å². The molecule has 0 aliphatic carbocycles. The van der Waals surface area contributed by atoms with Crippen LogP contribution < -0.4 is 0 Å². The molecule has 0 bridgehead atoms. The number of hydrogen-bond acceptors (Lipinski definition) is 5. The van der Waals surface area contributed by atoms with Crippen molar-refractivity contribution in [1.82, 2.24) is 9.29 Å². The summed E-state index contributed by atoms with van der Waals surface area (Å²) in [6.07, 6.45) is 4.31. The van der Waals surface area contributed by atoms with Gasteiger partial charge >= 0.3 is 5.97 Å². The van der Waals surface area contributed by atoms with Crippen LogP contribution in [0.2, 0.25) is 0 Å². The smallest absolute Gasteiger partial charge is 0.331 e. The zero-order valence-electron chi connectivity index (χ0n) is 17.4. The first-order chi connectivity index (χ1) is 14.9. The fraction of sp³-hybridized carbons (Fsp3) is 0.217. The minimum Gasteiger partial charge on any atom is -0.454 e. The predicted molar refractivity (Wildman–Crippen MR) is 119 cm³/mol. The van der Waals surface area contributed by atoms with Gasteiger partial charge in [0.2, 0.25) is 15.8 Å². The van der Waals surface area contributed by atoms with Gasteiger partial charge in [0.1, 0.15) is 0 Å². The Morgan fingerprint density at radius 2 is 1.71 bits per heavy atom. The molecule has 1 heterocycles. The summed E-state index contributed by atoms with van der Waals surface area (Å²) in [5, 5.41) is 0.777. The predicted octanol–water partition coefficient (Wildman–Crippen LogP) is 3.64. The lowest BCUT2D eigenvalue weighted by Gasteiger charge is -2.18. The summed E-state index contributed by atoms with van der Waals surface area (Å²) in [5.74, 6) is -0.960. The number of rotatable bonds is 9. The van der Waals surface area contributed by atoms with Crippen molar-refractivity contribution in [3.8, 4) is 0 Å². The van der Waals surface area contributed by atoms with Crippen LogP contribution in [0.25, 0.3) is 17.0 Å². The van der Waals surface area contributed by atoms with E-state index in [1.54, 1.807) is 32.2 Å². The normalized spacial score (nSPS) is 12.0. The molecule has 0 fully saturated rings. The molecule has 0 unspecified atom stereocenters. The van der Waals surface area contributed by atoms with Gasteiger partial charge in [0.05, 0.1) is 4.90 Å². The molecule has 0 spiro atoms. The van der Waals surface area contributed by atoms with Gasteiger partial charge in [0.15, 0.2) is 6.61 Å². The van der Waals surface area contributed by atoms with Gasteiger partial charge in [-0.1, -0.05) is 44.2 Å². The standard InChI is InChI=1S/C23H24N2O5S/c1-3-25(4-2)31(28,29)18-12-9-17(10-13-18)11-14-23(27)30-16-22(26)20-15-24-21-8-6-5-7-19(20)21/h5-15,24H,3-4,16H2,1-2H3. The number of fused-ring (bicyclic) bond motifs is 1. The second-order valence-electron chi connectivity index (χ2n) is 6.77. The molecule has 1 aromatic heterocycles. The lowest BCUT2D eigenvalue weighted by atomic mass is 10.1. The number of para-hydroxylation sites is 1. The van der Waals surface area contributed by atoms with E-state index in [0.717, 1.165) is 10.9 Å². The van der Waals surface area contributed by atoms with Gasteiger partial charge in [-0.25, -0.2) is 13.2 Å². The van der Waals surface area contributed by atoms with Crippen LogP contribution in [-0.2, 0) is 19.6 Å². The Balaban J connectivity index is 1.59. The fourth-order valence-corrected chi connectivity index (χ4v) is 4.65. The quantitative estimate of drug-likeness (QED) is 0.311. The van der Waals surface area contributed by atoms with Crippen LogP contribution in [0.1, 0.15) is 29.8 Å². The molecule has 0 aliphatic heterocycles. The van der Waals surface area contributed by atoms with Crippen LogP contribution in [0, 0.1) is 0 Å². The fourth-order valence-electron chi connectivity index (χ4n) is 3.19. The molecule has 31 heavy (non-hydrogen) atoms.